The van der Waals surface area contributed by atoms with E-state index in [1.54, 1.807) is 0 Å². The van der Waals surface area contributed by atoms with Crippen LogP contribution in [0.25, 0.3) is 0 Å². The molecule has 1 amide bonds. The fourth-order valence-corrected chi connectivity index (χ4v) is 2.94. The van der Waals surface area contributed by atoms with E-state index in [2.05, 4.69) is 33.1 Å². The molecule has 3 rings (SSSR count). The summed E-state index contributed by atoms with van der Waals surface area (Å²) < 4.78 is 5.54. The number of nitrogens with one attached hydrogen (secondary N) is 3. The third-order valence-corrected chi connectivity index (χ3v) is 4.24. The highest BCUT2D eigenvalue weighted by atomic mass is 16.5. The number of rotatable bonds is 7. The molecule has 0 aliphatic carbocycles. The Morgan fingerprint density at radius 3 is 2.81 bits per heavy atom. The van der Waals surface area contributed by atoms with Crippen molar-refractivity contribution in [1.82, 2.24) is 10.6 Å². The molecule has 0 bridgehead atoms. The van der Waals surface area contributed by atoms with Crippen LogP contribution in [0, 0.1) is 0 Å². The van der Waals surface area contributed by atoms with Gasteiger partial charge in [0.2, 0.25) is 5.91 Å². The van der Waals surface area contributed by atoms with Crippen LogP contribution in [0.2, 0.25) is 0 Å². The second kappa shape index (κ2) is 9.62. The Bertz CT molecular complexity index is 790. The number of fused-ring (bicyclic) bond motifs is 1. The lowest BCUT2D eigenvalue weighted by atomic mass is 10.1. The average molecular weight is 366 g/mol. The van der Waals surface area contributed by atoms with Crippen molar-refractivity contribution in [3.8, 4) is 5.75 Å². The number of guanidine groups is 1. The highest BCUT2D eigenvalue weighted by Gasteiger charge is 2.11. The lowest BCUT2D eigenvalue weighted by Gasteiger charge is -2.12. The minimum Gasteiger partial charge on any atom is -0.493 e. The number of aliphatic imine (C=N–C) groups is 1. The molecule has 27 heavy (non-hydrogen) atoms. The monoisotopic (exact) mass is 366 g/mol. The van der Waals surface area contributed by atoms with Gasteiger partial charge in [-0.1, -0.05) is 30.3 Å². The summed E-state index contributed by atoms with van der Waals surface area (Å²) in [5, 5.41) is 9.28. The molecule has 0 atom stereocenters. The lowest BCUT2D eigenvalue weighted by molar-refractivity contribution is -0.114. The number of ether oxygens (including phenoxy) is 1. The number of nitrogens with zero attached hydrogens (tertiary/aromatic N) is 1. The predicted octanol–water partition coefficient (Wildman–Crippen LogP) is 2.36. The van der Waals surface area contributed by atoms with Crippen LogP contribution in [0.4, 0.5) is 5.69 Å². The van der Waals surface area contributed by atoms with Gasteiger partial charge in [0, 0.05) is 25.2 Å². The Hall–Kier alpha value is -3.02. The Kier molecular flexibility index (Phi) is 6.68. The van der Waals surface area contributed by atoms with Crippen LogP contribution < -0.4 is 20.7 Å². The summed E-state index contributed by atoms with van der Waals surface area (Å²) in [6.45, 7) is 4.33. The van der Waals surface area contributed by atoms with Crippen molar-refractivity contribution in [2.45, 2.75) is 19.8 Å². The SMILES string of the molecule is CCNC(=NCC(=O)Nc1ccccc1)NCCc1ccc2c(c1)CCO2. The van der Waals surface area contributed by atoms with Gasteiger partial charge >= 0.3 is 0 Å². The van der Waals surface area contributed by atoms with E-state index in [-0.39, 0.29) is 12.5 Å². The molecule has 0 saturated carbocycles. The van der Waals surface area contributed by atoms with Crippen molar-refractivity contribution >= 4 is 17.6 Å². The second-order valence-electron chi connectivity index (χ2n) is 6.33. The highest BCUT2D eigenvalue weighted by molar-refractivity contribution is 5.94. The summed E-state index contributed by atoms with van der Waals surface area (Å²) in [5.74, 6) is 1.51. The summed E-state index contributed by atoms with van der Waals surface area (Å²) in [7, 11) is 0. The van der Waals surface area contributed by atoms with Crippen molar-refractivity contribution in [2.24, 2.45) is 4.99 Å². The Morgan fingerprint density at radius 1 is 1.15 bits per heavy atom. The number of carbonyl (C=O) groups excluding carboxylic acids is 1. The maximum atomic E-state index is 12.0. The number of para-hydroxylation sites is 1. The third kappa shape index (κ3) is 5.74. The second-order valence-corrected chi connectivity index (χ2v) is 6.33. The van der Waals surface area contributed by atoms with Gasteiger partial charge in [-0.3, -0.25) is 4.79 Å². The van der Waals surface area contributed by atoms with Gasteiger partial charge in [0.05, 0.1) is 6.61 Å². The van der Waals surface area contributed by atoms with E-state index in [1.165, 1.54) is 11.1 Å². The van der Waals surface area contributed by atoms with Crippen LogP contribution in [-0.4, -0.2) is 38.1 Å². The molecule has 142 valence electrons. The molecule has 2 aromatic rings. The van der Waals surface area contributed by atoms with Crippen molar-refractivity contribution in [2.75, 3.05) is 31.6 Å². The van der Waals surface area contributed by atoms with Crippen LogP contribution in [0.1, 0.15) is 18.1 Å². The standard InChI is InChI=1S/C21H26N4O2/c1-2-22-21(24-15-20(26)25-18-6-4-3-5-7-18)23-12-10-16-8-9-19-17(14-16)11-13-27-19/h3-9,14H,2,10-13,15H2,1H3,(H,25,26)(H2,22,23,24). The molecule has 6 heteroatoms. The molecule has 0 radical (unpaired) electrons. The number of carbonyl (C=O) groups is 1. The maximum Gasteiger partial charge on any atom is 0.246 e. The first kappa shape index (κ1) is 18.8. The van der Waals surface area contributed by atoms with E-state index in [9.17, 15) is 4.79 Å². The number of anilines is 1. The fraction of sp³-hybridized carbons (Fsp3) is 0.333. The van der Waals surface area contributed by atoms with E-state index in [1.807, 2.05) is 43.3 Å². The van der Waals surface area contributed by atoms with Crippen LogP contribution >= 0.6 is 0 Å². The van der Waals surface area contributed by atoms with E-state index in [4.69, 9.17) is 4.74 Å². The molecule has 0 saturated heterocycles. The molecular weight excluding hydrogens is 340 g/mol. The van der Waals surface area contributed by atoms with Crippen LogP contribution in [0.3, 0.4) is 0 Å². The van der Waals surface area contributed by atoms with E-state index in [0.29, 0.717) is 5.96 Å². The normalized spacial score (nSPS) is 12.9. The molecule has 0 fully saturated rings. The van der Waals surface area contributed by atoms with Gasteiger partial charge in [-0.15, -0.1) is 0 Å². The van der Waals surface area contributed by atoms with Crippen LogP contribution in [0.15, 0.2) is 53.5 Å². The smallest absolute Gasteiger partial charge is 0.246 e. The summed E-state index contributed by atoms with van der Waals surface area (Å²) in [6, 6.07) is 15.7. The maximum absolute atomic E-state index is 12.0. The Morgan fingerprint density at radius 2 is 2.00 bits per heavy atom. The van der Waals surface area contributed by atoms with Gasteiger partial charge in [-0.05, 0) is 42.7 Å². The Labute approximate surface area is 160 Å². The number of amides is 1. The zero-order valence-corrected chi connectivity index (χ0v) is 15.6. The summed E-state index contributed by atoms with van der Waals surface area (Å²) in [4.78, 5) is 16.4. The summed E-state index contributed by atoms with van der Waals surface area (Å²) >= 11 is 0. The molecule has 1 heterocycles. The highest BCUT2D eigenvalue weighted by Crippen LogP contribution is 2.25. The van der Waals surface area contributed by atoms with Crippen LogP contribution in [0.5, 0.6) is 5.75 Å². The third-order valence-electron chi connectivity index (χ3n) is 4.24. The molecule has 6 nitrogen and oxygen atoms in total. The van der Waals surface area contributed by atoms with E-state index >= 15 is 0 Å². The lowest BCUT2D eigenvalue weighted by Crippen LogP contribution is -2.39. The summed E-state index contributed by atoms with van der Waals surface area (Å²) in [5.41, 5.74) is 3.33. The van der Waals surface area contributed by atoms with Gasteiger partial charge in [-0.2, -0.15) is 0 Å². The van der Waals surface area contributed by atoms with Crippen molar-refractivity contribution < 1.29 is 9.53 Å². The zero-order chi connectivity index (χ0) is 18.9. The molecule has 1 aliphatic heterocycles. The van der Waals surface area contributed by atoms with E-state index < -0.39 is 0 Å². The van der Waals surface area contributed by atoms with Gasteiger partial charge in [0.25, 0.3) is 0 Å². The topological polar surface area (TPSA) is 74.8 Å². The molecule has 2 aromatic carbocycles. The van der Waals surface area contributed by atoms with Crippen molar-refractivity contribution in [3.63, 3.8) is 0 Å². The fourth-order valence-electron chi connectivity index (χ4n) is 2.94. The Balaban J connectivity index is 1.47. The number of hydrogen-bond acceptors (Lipinski definition) is 3. The number of benzene rings is 2. The first-order valence-electron chi connectivity index (χ1n) is 9.36. The molecule has 3 N–H and O–H groups in total. The van der Waals surface area contributed by atoms with E-state index in [0.717, 1.165) is 44.0 Å². The van der Waals surface area contributed by atoms with Crippen molar-refractivity contribution in [3.05, 3.63) is 59.7 Å². The molecule has 0 unspecified atom stereocenters. The number of hydrogen-bond donors (Lipinski definition) is 3. The minimum absolute atomic E-state index is 0.0699. The van der Waals surface area contributed by atoms with Gasteiger partial charge in [0.15, 0.2) is 5.96 Å². The zero-order valence-electron chi connectivity index (χ0n) is 15.6. The molecular formula is C21H26N4O2. The predicted molar refractivity (Wildman–Crippen MR) is 108 cm³/mol. The van der Waals surface area contributed by atoms with Gasteiger partial charge in [0.1, 0.15) is 12.3 Å². The molecule has 1 aliphatic rings. The molecule has 0 aromatic heterocycles. The van der Waals surface area contributed by atoms with Crippen molar-refractivity contribution in [1.29, 1.82) is 0 Å². The average Bonchev–Trinajstić information content (AvgIpc) is 3.15. The van der Waals surface area contributed by atoms with Crippen LogP contribution in [-0.2, 0) is 17.6 Å². The first-order valence-corrected chi connectivity index (χ1v) is 9.36. The minimum atomic E-state index is -0.142. The largest absolute Gasteiger partial charge is 0.493 e. The molecule has 0 spiro atoms. The first-order chi connectivity index (χ1) is 13.2. The van der Waals surface area contributed by atoms with Gasteiger partial charge < -0.3 is 20.7 Å². The quantitative estimate of drug-likeness (QED) is 0.519. The van der Waals surface area contributed by atoms with Gasteiger partial charge in [-0.25, -0.2) is 4.99 Å². The summed E-state index contributed by atoms with van der Waals surface area (Å²) in [6.07, 6.45) is 1.87.